The maximum atomic E-state index is 12.1. The second-order valence-corrected chi connectivity index (χ2v) is 4.55. The summed E-state index contributed by atoms with van der Waals surface area (Å²) < 4.78 is 10.2. The largest absolute Gasteiger partial charge is 0.462 e. The lowest BCUT2D eigenvalue weighted by Crippen LogP contribution is -2.17. The number of rotatable bonds is 7. The lowest BCUT2D eigenvalue weighted by Gasteiger charge is -2.13. The van der Waals surface area contributed by atoms with Crippen molar-refractivity contribution in [2.45, 2.75) is 33.6 Å². The number of hydrogen-bond acceptors (Lipinski definition) is 4. The molecule has 0 saturated heterocycles. The molecule has 0 radical (unpaired) electrons. The monoisotopic (exact) mass is 278 g/mol. The van der Waals surface area contributed by atoms with Crippen LogP contribution in [0.25, 0.3) is 0 Å². The summed E-state index contributed by atoms with van der Waals surface area (Å²) in [6, 6.07) is 6.56. The Morgan fingerprint density at radius 2 is 1.45 bits per heavy atom. The van der Waals surface area contributed by atoms with Gasteiger partial charge in [-0.05, 0) is 25.0 Å². The highest BCUT2D eigenvalue weighted by Gasteiger charge is 2.19. The summed E-state index contributed by atoms with van der Waals surface area (Å²) in [5.74, 6) is -0.614. The number of carbonyl (C=O) groups excluding carboxylic acids is 2. The van der Waals surface area contributed by atoms with Gasteiger partial charge in [0.15, 0.2) is 0 Å². The Morgan fingerprint density at radius 1 is 0.950 bits per heavy atom. The third-order valence-electron chi connectivity index (χ3n) is 3.25. The van der Waals surface area contributed by atoms with Gasteiger partial charge >= 0.3 is 11.9 Å². The van der Waals surface area contributed by atoms with E-state index in [2.05, 4.69) is 13.8 Å². The molecule has 0 aliphatic rings. The number of ether oxygens (including phenoxy) is 2. The van der Waals surface area contributed by atoms with Gasteiger partial charge in [-0.3, -0.25) is 0 Å². The second-order valence-electron chi connectivity index (χ2n) is 4.55. The summed E-state index contributed by atoms with van der Waals surface area (Å²) >= 11 is 0. The van der Waals surface area contributed by atoms with Gasteiger partial charge in [-0.25, -0.2) is 9.59 Å². The Bertz CT molecular complexity index is 450. The third-order valence-corrected chi connectivity index (χ3v) is 3.25. The van der Waals surface area contributed by atoms with E-state index in [-0.39, 0.29) is 17.7 Å². The summed E-state index contributed by atoms with van der Waals surface area (Å²) in [7, 11) is 0. The molecule has 1 aromatic rings. The summed E-state index contributed by atoms with van der Waals surface area (Å²) in [4.78, 5) is 23.9. The average Bonchev–Trinajstić information content (AvgIpc) is 2.48. The van der Waals surface area contributed by atoms with Crippen molar-refractivity contribution >= 4 is 11.9 Å². The van der Waals surface area contributed by atoms with Crippen molar-refractivity contribution in [3.8, 4) is 0 Å². The van der Waals surface area contributed by atoms with Crippen molar-refractivity contribution in [2.75, 3.05) is 13.2 Å². The van der Waals surface area contributed by atoms with Gasteiger partial charge in [-0.2, -0.15) is 0 Å². The predicted octanol–water partition coefficient (Wildman–Crippen LogP) is 3.46. The van der Waals surface area contributed by atoms with Crippen molar-refractivity contribution in [3.05, 3.63) is 35.4 Å². The minimum absolute atomic E-state index is 0.254. The molecule has 1 aromatic carbocycles. The highest BCUT2D eigenvalue weighted by molar-refractivity contribution is 6.03. The molecule has 4 heteroatoms. The molecular formula is C16H22O4. The van der Waals surface area contributed by atoms with Crippen LogP contribution in [0.15, 0.2) is 24.3 Å². The number of esters is 2. The van der Waals surface area contributed by atoms with Crippen LogP contribution < -0.4 is 0 Å². The van der Waals surface area contributed by atoms with E-state index >= 15 is 0 Å². The predicted molar refractivity (Wildman–Crippen MR) is 76.8 cm³/mol. The number of carbonyl (C=O) groups is 2. The highest BCUT2D eigenvalue weighted by Crippen LogP contribution is 2.14. The fourth-order valence-electron chi connectivity index (χ4n) is 1.84. The molecule has 0 fully saturated rings. The lowest BCUT2D eigenvalue weighted by atomic mass is 10.1. The standard InChI is InChI=1S/C16H22O4/c1-4-12(5-2)11-20-16(18)14-10-8-7-9-13(14)15(17)19-6-3/h7-10,12H,4-6,11H2,1-3H3. The molecule has 0 saturated carbocycles. The molecule has 0 heterocycles. The van der Waals surface area contributed by atoms with Crippen molar-refractivity contribution < 1.29 is 19.1 Å². The first kappa shape index (κ1) is 16.2. The Balaban J connectivity index is 2.80. The molecular weight excluding hydrogens is 256 g/mol. The highest BCUT2D eigenvalue weighted by atomic mass is 16.5. The van der Waals surface area contributed by atoms with E-state index in [0.29, 0.717) is 12.5 Å². The van der Waals surface area contributed by atoms with Crippen LogP contribution in [0.2, 0.25) is 0 Å². The molecule has 0 aromatic heterocycles. The summed E-state index contributed by atoms with van der Waals surface area (Å²) in [5, 5.41) is 0. The van der Waals surface area contributed by atoms with Gasteiger partial charge in [0.05, 0.1) is 24.3 Å². The van der Waals surface area contributed by atoms with Gasteiger partial charge in [0, 0.05) is 0 Å². The molecule has 110 valence electrons. The topological polar surface area (TPSA) is 52.6 Å². The van der Waals surface area contributed by atoms with E-state index in [1.54, 1.807) is 31.2 Å². The van der Waals surface area contributed by atoms with Gasteiger partial charge < -0.3 is 9.47 Å². The zero-order valence-corrected chi connectivity index (χ0v) is 12.3. The molecule has 0 spiro atoms. The van der Waals surface area contributed by atoms with Crippen molar-refractivity contribution in [1.82, 2.24) is 0 Å². The van der Waals surface area contributed by atoms with Gasteiger partial charge in [0.25, 0.3) is 0 Å². The minimum atomic E-state index is -0.498. The van der Waals surface area contributed by atoms with Crippen molar-refractivity contribution in [3.63, 3.8) is 0 Å². The van der Waals surface area contributed by atoms with Crippen LogP contribution in [0.1, 0.15) is 54.3 Å². The van der Waals surface area contributed by atoms with Crippen LogP contribution >= 0.6 is 0 Å². The molecule has 0 unspecified atom stereocenters. The molecule has 1 rings (SSSR count). The molecule has 0 bridgehead atoms. The molecule has 0 aliphatic heterocycles. The first-order valence-electron chi connectivity index (χ1n) is 7.07. The number of hydrogen-bond donors (Lipinski definition) is 0. The minimum Gasteiger partial charge on any atom is -0.462 e. The summed E-state index contributed by atoms with van der Waals surface area (Å²) in [6.45, 7) is 6.51. The van der Waals surface area contributed by atoms with Crippen LogP contribution in [0, 0.1) is 5.92 Å². The Labute approximate surface area is 120 Å². The quantitative estimate of drug-likeness (QED) is 0.717. The smallest absolute Gasteiger partial charge is 0.339 e. The Hall–Kier alpha value is -1.84. The molecule has 0 amide bonds. The van der Waals surface area contributed by atoms with Crippen LogP contribution in [-0.4, -0.2) is 25.2 Å². The zero-order valence-electron chi connectivity index (χ0n) is 12.3. The van der Waals surface area contributed by atoms with E-state index < -0.39 is 11.9 Å². The van der Waals surface area contributed by atoms with E-state index in [0.717, 1.165) is 12.8 Å². The molecule has 4 nitrogen and oxygen atoms in total. The first-order chi connectivity index (χ1) is 9.63. The maximum Gasteiger partial charge on any atom is 0.339 e. The fraction of sp³-hybridized carbons (Fsp3) is 0.500. The van der Waals surface area contributed by atoms with Gasteiger partial charge in [0.1, 0.15) is 0 Å². The lowest BCUT2D eigenvalue weighted by molar-refractivity contribution is 0.0413. The molecule has 0 N–H and O–H groups in total. The van der Waals surface area contributed by atoms with Crippen LogP contribution in [0.5, 0.6) is 0 Å². The van der Waals surface area contributed by atoms with Crippen molar-refractivity contribution in [2.24, 2.45) is 5.92 Å². The number of benzene rings is 1. The molecule has 20 heavy (non-hydrogen) atoms. The van der Waals surface area contributed by atoms with E-state index in [4.69, 9.17) is 9.47 Å². The first-order valence-corrected chi connectivity index (χ1v) is 7.07. The molecule has 0 atom stereocenters. The van der Waals surface area contributed by atoms with E-state index in [1.165, 1.54) is 0 Å². The van der Waals surface area contributed by atoms with Crippen LogP contribution in [-0.2, 0) is 9.47 Å². The van der Waals surface area contributed by atoms with Gasteiger partial charge in [-0.15, -0.1) is 0 Å². The van der Waals surface area contributed by atoms with Crippen molar-refractivity contribution in [1.29, 1.82) is 0 Å². The maximum absolute atomic E-state index is 12.1. The van der Waals surface area contributed by atoms with E-state index in [9.17, 15) is 9.59 Å². The summed E-state index contributed by atoms with van der Waals surface area (Å²) in [6.07, 6.45) is 1.92. The Morgan fingerprint density at radius 3 is 1.90 bits per heavy atom. The second kappa shape index (κ2) is 8.35. The molecule has 0 aliphatic carbocycles. The zero-order chi connectivity index (χ0) is 15.0. The normalized spacial score (nSPS) is 10.4. The van der Waals surface area contributed by atoms with E-state index in [1.807, 2.05) is 0 Å². The Kier molecular flexibility index (Phi) is 6.77. The van der Waals surface area contributed by atoms with Crippen LogP contribution in [0.4, 0.5) is 0 Å². The van der Waals surface area contributed by atoms with Gasteiger partial charge in [-0.1, -0.05) is 38.8 Å². The fourth-order valence-corrected chi connectivity index (χ4v) is 1.84. The average molecular weight is 278 g/mol. The third kappa shape index (κ3) is 4.37. The van der Waals surface area contributed by atoms with Crippen LogP contribution in [0.3, 0.4) is 0 Å². The SMILES string of the molecule is CCOC(=O)c1ccccc1C(=O)OCC(CC)CC. The summed E-state index contributed by atoms with van der Waals surface area (Å²) in [5.41, 5.74) is 0.515. The van der Waals surface area contributed by atoms with Gasteiger partial charge in [0.2, 0.25) is 0 Å².